The van der Waals surface area contributed by atoms with Gasteiger partial charge in [0.1, 0.15) is 0 Å². The van der Waals surface area contributed by atoms with Crippen molar-refractivity contribution in [2.24, 2.45) is 0 Å². The van der Waals surface area contributed by atoms with Gasteiger partial charge in [-0.05, 0) is 31.2 Å². The van der Waals surface area contributed by atoms with E-state index in [1.165, 1.54) is 11.8 Å². The molecule has 1 aliphatic heterocycles. The van der Waals surface area contributed by atoms with E-state index >= 15 is 0 Å². The first-order chi connectivity index (χ1) is 10.2. The number of hydrogen-bond donors (Lipinski definition) is 1. The molecule has 1 aromatic rings. The van der Waals surface area contributed by atoms with Crippen molar-refractivity contribution in [1.29, 1.82) is 0 Å². The lowest BCUT2D eigenvalue weighted by atomic mass is 10.2. The van der Waals surface area contributed by atoms with E-state index < -0.39 is 5.97 Å². The molecule has 21 heavy (non-hydrogen) atoms. The minimum Gasteiger partial charge on any atom is -0.452 e. The minimum absolute atomic E-state index is 0.0851. The summed E-state index contributed by atoms with van der Waals surface area (Å²) in [4.78, 5) is 24.4. The van der Waals surface area contributed by atoms with Crippen LogP contribution in [0.15, 0.2) is 29.2 Å². The Balaban J connectivity index is 1.76. The van der Waals surface area contributed by atoms with E-state index in [2.05, 4.69) is 5.32 Å². The molecule has 0 aromatic heterocycles. The molecule has 1 heterocycles. The van der Waals surface area contributed by atoms with Gasteiger partial charge in [0.25, 0.3) is 5.91 Å². The molecule has 1 amide bonds. The first kappa shape index (κ1) is 15.9. The van der Waals surface area contributed by atoms with Crippen LogP contribution in [-0.2, 0) is 14.3 Å². The maximum Gasteiger partial charge on any atom is 0.339 e. The predicted octanol–water partition coefficient (Wildman–Crippen LogP) is 1.86. The Morgan fingerprint density at radius 1 is 1.43 bits per heavy atom. The normalized spacial score (nSPS) is 17.5. The van der Waals surface area contributed by atoms with Gasteiger partial charge in [0.15, 0.2) is 6.61 Å². The second kappa shape index (κ2) is 8.05. The van der Waals surface area contributed by atoms with Crippen LogP contribution in [0.25, 0.3) is 0 Å². The fraction of sp³-hybridized carbons (Fsp3) is 0.467. The van der Waals surface area contributed by atoms with Crippen LogP contribution in [0.2, 0.25) is 0 Å². The number of nitrogens with one attached hydrogen (secondary N) is 1. The fourth-order valence-electron chi connectivity index (χ4n) is 2.11. The van der Waals surface area contributed by atoms with Crippen molar-refractivity contribution in [2.45, 2.75) is 23.8 Å². The molecule has 1 aliphatic rings. The molecule has 6 heteroatoms. The van der Waals surface area contributed by atoms with Crippen LogP contribution in [0.5, 0.6) is 0 Å². The third-order valence-electron chi connectivity index (χ3n) is 3.21. The molecule has 1 atom stereocenters. The highest BCUT2D eigenvalue weighted by atomic mass is 32.2. The monoisotopic (exact) mass is 309 g/mol. The van der Waals surface area contributed by atoms with Crippen molar-refractivity contribution < 1.29 is 19.1 Å². The smallest absolute Gasteiger partial charge is 0.339 e. The van der Waals surface area contributed by atoms with Gasteiger partial charge in [0, 0.05) is 18.0 Å². The van der Waals surface area contributed by atoms with E-state index in [0.29, 0.717) is 12.1 Å². The van der Waals surface area contributed by atoms with Crippen LogP contribution < -0.4 is 5.32 Å². The summed E-state index contributed by atoms with van der Waals surface area (Å²) in [6.45, 7) is 0.951. The van der Waals surface area contributed by atoms with E-state index in [0.717, 1.165) is 24.3 Å². The summed E-state index contributed by atoms with van der Waals surface area (Å²) in [6, 6.07) is 7.17. The van der Waals surface area contributed by atoms with Gasteiger partial charge in [-0.1, -0.05) is 12.1 Å². The maximum absolute atomic E-state index is 11.9. The van der Waals surface area contributed by atoms with E-state index in [-0.39, 0.29) is 18.6 Å². The lowest BCUT2D eigenvalue weighted by Crippen LogP contribution is -2.34. The summed E-state index contributed by atoms with van der Waals surface area (Å²) < 4.78 is 10.4. The number of benzene rings is 1. The molecule has 1 saturated heterocycles. The minimum atomic E-state index is -0.479. The number of thioether (sulfide) groups is 1. The quantitative estimate of drug-likeness (QED) is 0.642. The molecule has 0 spiro atoms. The number of rotatable bonds is 6. The van der Waals surface area contributed by atoms with Crippen molar-refractivity contribution in [3.63, 3.8) is 0 Å². The van der Waals surface area contributed by atoms with Gasteiger partial charge in [-0.15, -0.1) is 11.8 Å². The molecule has 0 aliphatic carbocycles. The van der Waals surface area contributed by atoms with Crippen molar-refractivity contribution in [1.82, 2.24) is 5.32 Å². The predicted molar refractivity (Wildman–Crippen MR) is 80.5 cm³/mol. The highest BCUT2D eigenvalue weighted by Gasteiger charge is 2.17. The topological polar surface area (TPSA) is 64.6 Å². The molecule has 1 N–H and O–H groups in total. The average molecular weight is 309 g/mol. The van der Waals surface area contributed by atoms with Crippen molar-refractivity contribution >= 4 is 23.6 Å². The highest BCUT2D eigenvalue weighted by molar-refractivity contribution is 7.98. The van der Waals surface area contributed by atoms with Crippen LogP contribution in [0, 0.1) is 0 Å². The lowest BCUT2D eigenvalue weighted by Gasteiger charge is -2.11. The summed E-state index contributed by atoms with van der Waals surface area (Å²) in [7, 11) is 0. The van der Waals surface area contributed by atoms with Crippen molar-refractivity contribution in [3.8, 4) is 0 Å². The highest BCUT2D eigenvalue weighted by Crippen LogP contribution is 2.20. The lowest BCUT2D eigenvalue weighted by molar-refractivity contribution is -0.124. The molecule has 1 aromatic carbocycles. The van der Waals surface area contributed by atoms with Crippen LogP contribution in [-0.4, -0.2) is 44.0 Å². The standard InChI is InChI=1S/C15H19NO4S/c1-21-13-7-3-2-6-12(13)15(18)20-10-14(17)16-9-11-5-4-8-19-11/h2-3,6-7,11H,4-5,8-10H2,1H3,(H,16,17)/t11-/m0/s1. The average Bonchev–Trinajstić information content (AvgIpc) is 3.04. The Labute approximate surface area is 128 Å². The summed E-state index contributed by atoms with van der Waals surface area (Å²) >= 11 is 1.47. The number of carbonyl (C=O) groups excluding carboxylic acids is 2. The number of esters is 1. The summed E-state index contributed by atoms with van der Waals surface area (Å²) in [6.07, 6.45) is 3.96. The van der Waals surface area contributed by atoms with Crippen LogP contribution in [0.3, 0.4) is 0 Å². The van der Waals surface area contributed by atoms with Gasteiger partial charge < -0.3 is 14.8 Å². The Morgan fingerprint density at radius 2 is 2.24 bits per heavy atom. The maximum atomic E-state index is 11.9. The van der Waals surface area contributed by atoms with Crippen molar-refractivity contribution in [3.05, 3.63) is 29.8 Å². The van der Waals surface area contributed by atoms with Crippen LogP contribution in [0.1, 0.15) is 23.2 Å². The summed E-state index contributed by atoms with van der Waals surface area (Å²) in [5, 5.41) is 2.71. The number of carbonyl (C=O) groups is 2. The molecule has 5 nitrogen and oxygen atoms in total. The Hall–Kier alpha value is -1.53. The Kier molecular flexibility index (Phi) is 6.07. The zero-order chi connectivity index (χ0) is 15.1. The fourth-order valence-corrected chi connectivity index (χ4v) is 2.69. The molecular weight excluding hydrogens is 290 g/mol. The molecule has 0 unspecified atom stereocenters. The van der Waals surface area contributed by atoms with Gasteiger partial charge in [-0.25, -0.2) is 4.79 Å². The SMILES string of the molecule is CSc1ccccc1C(=O)OCC(=O)NC[C@@H]1CCCO1. The molecular formula is C15H19NO4S. The second-order valence-electron chi connectivity index (χ2n) is 4.72. The van der Waals surface area contributed by atoms with Crippen molar-refractivity contribution in [2.75, 3.05) is 26.0 Å². The molecule has 1 fully saturated rings. The van der Waals surface area contributed by atoms with Gasteiger partial charge in [0.2, 0.25) is 0 Å². The van der Waals surface area contributed by atoms with E-state index in [9.17, 15) is 9.59 Å². The summed E-state index contributed by atoms with van der Waals surface area (Å²) in [5.41, 5.74) is 0.483. The zero-order valence-electron chi connectivity index (χ0n) is 12.0. The molecule has 114 valence electrons. The van der Waals surface area contributed by atoms with Gasteiger partial charge in [0.05, 0.1) is 11.7 Å². The number of hydrogen-bond acceptors (Lipinski definition) is 5. The van der Waals surface area contributed by atoms with Gasteiger partial charge in [-0.3, -0.25) is 4.79 Å². The van der Waals surface area contributed by atoms with Gasteiger partial charge >= 0.3 is 5.97 Å². The molecule has 0 saturated carbocycles. The third kappa shape index (κ3) is 4.75. The Bertz CT molecular complexity index is 500. The molecule has 2 rings (SSSR count). The zero-order valence-corrected chi connectivity index (χ0v) is 12.8. The van der Waals surface area contributed by atoms with E-state index in [1.807, 2.05) is 18.4 Å². The van der Waals surface area contributed by atoms with Crippen LogP contribution >= 0.6 is 11.8 Å². The number of amides is 1. The Morgan fingerprint density at radius 3 is 2.95 bits per heavy atom. The van der Waals surface area contributed by atoms with Gasteiger partial charge in [-0.2, -0.15) is 0 Å². The first-order valence-electron chi connectivity index (χ1n) is 6.89. The summed E-state index contributed by atoms with van der Waals surface area (Å²) in [5.74, 6) is -0.785. The van der Waals surface area contributed by atoms with E-state index in [4.69, 9.17) is 9.47 Å². The van der Waals surface area contributed by atoms with E-state index in [1.54, 1.807) is 12.1 Å². The van der Waals surface area contributed by atoms with Crippen LogP contribution in [0.4, 0.5) is 0 Å². The first-order valence-corrected chi connectivity index (χ1v) is 8.11. The second-order valence-corrected chi connectivity index (χ2v) is 5.56. The number of ether oxygens (including phenoxy) is 2. The third-order valence-corrected chi connectivity index (χ3v) is 4.01. The largest absolute Gasteiger partial charge is 0.452 e. The molecule has 0 bridgehead atoms. The molecule has 0 radical (unpaired) electrons.